The highest BCUT2D eigenvalue weighted by molar-refractivity contribution is 9.09. The molecule has 1 spiro atoms. The van der Waals surface area contributed by atoms with Gasteiger partial charge in [0.1, 0.15) is 6.04 Å². The van der Waals surface area contributed by atoms with Gasteiger partial charge in [0.25, 0.3) is 0 Å². The van der Waals surface area contributed by atoms with Gasteiger partial charge in [-0.3, -0.25) is 14.4 Å². The zero-order valence-corrected chi connectivity index (χ0v) is 22.4. The number of benzene rings is 1. The van der Waals surface area contributed by atoms with Gasteiger partial charge in [0, 0.05) is 21.8 Å². The topological polar surface area (TPSA) is 98.7 Å². The Labute approximate surface area is 213 Å². The number of halogens is 1. The van der Waals surface area contributed by atoms with Gasteiger partial charge >= 0.3 is 0 Å². The zero-order chi connectivity index (χ0) is 24.8. The Morgan fingerprint density at radius 3 is 2.47 bits per heavy atom. The molecule has 186 valence electrons. The van der Waals surface area contributed by atoms with Gasteiger partial charge in [-0.2, -0.15) is 0 Å². The number of hydrogen-bond acceptors (Lipinski definition) is 5. The van der Waals surface area contributed by atoms with E-state index in [4.69, 9.17) is 0 Å². The van der Waals surface area contributed by atoms with Gasteiger partial charge in [-0.25, -0.2) is 0 Å². The number of para-hydroxylation sites is 1. The molecular formula is C25H34BrN3O4S. The standard InChI is InChI=1S/C25H34BrN3O4S/c1-13(2)10-16(12-30)29-21(23(32)27-14(3)4)25-11-17(26)20(34-25)18(19(25)24(29)33)22(31)28-15-8-6-5-7-9-15/h5-9,13-14,16-21,30H,10-12H2,1-4H3,(H,27,32)(H,28,31)/t16-,17?,18+,19+,20+,21?,25?/m1/s1. The third-order valence-corrected chi connectivity index (χ3v) is 10.3. The van der Waals surface area contributed by atoms with E-state index >= 15 is 0 Å². The molecule has 0 saturated carbocycles. The molecule has 3 aliphatic heterocycles. The Bertz CT molecular complexity index is 945. The van der Waals surface area contributed by atoms with Gasteiger partial charge < -0.3 is 20.6 Å². The summed E-state index contributed by atoms with van der Waals surface area (Å²) in [6, 6.07) is 7.95. The van der Waals surface area contributed by atoms with Crippen molar-refractivity contribution < 1.29 is 19.5 Å². The van der Waals surface area contributed by atoms with Crippen LogP contribution in [0, 0.1) is 17.8 Å². The smallest absolute Gasteiger partial charge is 0.244 e. The van der Waals surface area contributed by atoms with Crippen molar-refractivity contribution in [2.24, 2.45) is 17.8 Å². The number of carbonyl (C=O) groups excluding carboxylic acids is 3. The van der Waals surface area contributed by atoms with Crippen LogP contribution in [0.3, 0.4) is 0 Å². The molecule has 2 bridgehead atoms. The summed E-state index contributed by atoms with van der Waals surface area (Å²) in [5, 5.41) is 16.2. The first-order valence-corrected chi connectivity index (χ1v) is 13.8. The first kappa shape index (κ1) is 25.5. The van der Waals surface area contributed by atoms with E-state index in [0.29, 0.717) is 18.5 Å². The second-order valence-corrected chi connectivity index (χ2v) is 13.1. The number of amides is 3. The van der Waals surface area contributed by atoms with E-state index in [1.165, 1.54) is 0 Å². The largest absolute Gasteiger partial charge is 0.394 e. The number of aliphatic hydroxyl groups excluding tert-OH is 1. The quantitative estimate of drug-likeness (QED) is 0.431. The highest BCUT2D eigenvalue weighted by Gasteiger charge is 2.76. The highest BCUT2D eigenvalue weighted by atomic mass is 79.9. The highest BCUT2D eigenvalue weighted by Crippen LogP contribution is 2.68. The third kappa shape index (κ3) is 4.28. The molecule has 3 heterocycles. The Kier molecular flexibility index (Phi) is 7.37. The maximum atomic E-state index is 14.1. The minimum Gasteiger partial charge on any atom is -0.394 e. The average molecular weight is 553 g/mol. The van der Waals surface area contributed by atoms with Crippen LogP contribution in [-0.4, -0.2) is 67.3 Å². The van der Waals surface area contributed by atoms with E-state index in [1.54, 1.807) is 16.7 Å². The van der Waals surface area contributed by atoms with E-state index in [-0.39, 0.29) is 46.4 Å². The maximum Gasteiger partial charge on any atom is 0.244 e. The molecule has 3 saturated heterocycles. The molecule has 34 heavy (non-hydrogen) atoms. The number of likely N-dealkylation sites (tertiary alicyclic amines) is 1. The summed E-state index contributed by atoms with van der Waals surface area (Å²) < 4.78 is -0.710. The summed E-state index contributed by atoms with van der Waals surface area (Å²) in [7, 11) is 0. The Hall–Kier alpha value is -1.58. The van der Waals surface area contributed by atoms with E-state index < -0.39 is 28.7 Å². The van der Waals surface area contributed by atoms with Gasteiger partial charge in [0.2, 0.25) is 17.7 Å². The average Bonchev–Trinajstić information content (AvgIpc) is 3.35. The van der Waals surface area contributed by atoms with Crippen LogP contribution in [0.25, 0.3) is 0 Å². The summed E-state index contributed by atoms with van der Waals surface area (Å²) in [5.41, 5.74) is 0.685. The molecule has 4 rings (SSSR count). The molecule has 7 nitrogen and oxygen atoms in total. The molecule has 3 amide bonds. The van der Waals surface area contributed by atoms with Crippen molar-refractivity contribution in [1.29, 1.82) is 0 Å². The summed E-state index contributed by atoms with van der Waals surface area (Å²) in [6.07, 6.45) is 1.21. The van der Waals surface area contributed by atoms with Gasteiger partial charge in [-0.05, 0) is 44.7 Å². The molecule has 3 fully saturated rings. The molecule has 1 aromatic rings. The van der Waals surface area contributed by atoms with Crippen LogP contribution in [0.5, 0.6) is 0 Å². The van der Waals surface area contributed by atoms with Crippen molar-refractivity contribution in [3.63, 3.8) is 0 Å². The lowest BCUT2D eigenvalue weighted by atomic mass is 9.70. The van der Waals surface area contributed by atoms with E-state index in [2.05, 4.69) is 26.6 Å². The summed E-state index contributed by atoms with van der Waals surface area (Å²) in [6.45, 7) is 7.65. The number of rotatable bonds is 8. The molecule has 0 aliphatic carbocycles. The first-order valence-electron chi connectivity index (χ1n) is 12.0. The molecule has 3 unspecified atom stereocenters. The number of aliphatic hydroxyl groups is 1. The molecule has 9 heteroatoms. The predicted octanol–water partition coefficient (Wildman–Crippen LogP) is 3.02. The fraction of sp³-hybridized carbons (Fsp3) is 0.640. The molecule has 0 aromatic heterocycles. The fourth-order valence-electron chi connectivity index (χ4n) is 5.99. The van der Waals surface area contributed by atoms with Crippen LogP contribution >= 0.6 is 27.7 Å². The number of hydrogen-bond donors (Lipinski definition) is 3. The zero-order valence-electron chi connectivity index (χ0n) is 20.0. The van der Waals surface area contributed by atoms with Crippen LogP contribution in [0.2, 0.25) is 0 Å². The van der Waals surface area contributed by atoms with Crippen molar-refractivity contribution in [3.05, 3.63) is 30.3 Å². The lowest BCUT2D eigenvalue weighted by Crippen LogP contribution is -2.58. The van der Waals surface area contributed by atoms with Crippen molar-refractivity contribution in [2.75, 3.05) is 11.9 Å². The van der Waals surface area contributed by atoms with Crippen LogP contribution in [0.1, 0.15) is 40.5 Å². The van der Waals surface area contributed by atoms with Crippen molar-refractivity contribution >= 4 is 51.1 Å². The monoisotopic (exact) mass is 551 g/mol. The Morgan fingerprint density at radius 2 is 1.88 bits per heavy atom. The number of fused-ring (bicyclic) bond motifs is 1. The lowest BCUT2D eigenvalue weighted by molar-refractivity contribution is -0.142. The predicted molar refractivity (Wildman–Crippen MR) is 138 cm³/mol. The van der Waals surface area contributed by atoms with Crippen molar-refractivity contribution in [1.82, 2.24) is 10.2 Å². The lowest BCUT2D eigenvalue weighted by Gasteiger charge is -2.38. The van der Waals surface area contributed by atoms with Crippen LogP contribution in [-0.2, 0) is 14.4 Å². The summed E-state index contributed by atoms with van der Waals surface area (Å²) in [4.78, 5) is 42.8. The van der Waals surface area contributed by atoms with Crippen molar-refractivity contribution in [3.8, 4) is 0 Å². The maximum absolute atomic E-state index is 14.1. The molecule has 0 radical (unpaired) electrons. The normalized spacial score (nSPS) is 32.9. The van der Waals surface area contributed by atoms with E-state index in [9.17, 15) is 19.5 Å². The summed E-state index contributed by atoms with van der Waals surface area (Å²) in [5.74, 6) is -1.52. The van der Waals surface area contributed by atoms with E-state index in [1.807, 2.05) is 58.0 Å². The van der Waals surface area contributed by atoms with Crippen LogP contribution in [0.15, 0.2) is 30.3 Å². The third-order valence-electron chi connectivity index (χ3n) is 7.10. The second-order valence-electron chi connectivity index (χ2n) is 10.4. The molecule has 1 aromatic carbocycles. The Morgan fingerprint density at radius 1 is 1.21 bits per heavy atom. The minimum absolute atomic E-state index is 0.0139. The molecule has 3 aliphatic rings. The van der Waals surface area contributed by atoms with Gasteiger partial charge in [-0.15, -0.1) is 11.8 Å². The second kappa shape index (κ2) is 9.82. The van der Waals surface area contributed by atoms with E-state index in [0.717, 1.165) is 0 Å². The van der Waals surface area contributed by atoms with Gasteiger partial charge in [0.05, 0.1) is 29.2 Å². The fourth-order valence-corrected chi connectivity index (χ4v) is 9.59. The first-order chi connectivity index (χ1) is 16.1. The molecule has 3 N–H and O–H groups in total. The number of anilines is 1. The molecular weight excluding hydrogens is 518 g/mol. The Balaban J connectivity index is 1.74. The minimum atomic E-state index is -0.729. The number of thioether (sulfide) groups is 1. The van der Waals surface area contributed by atoms with Crippen LogP contribution in [0.4, 0.5) is 5.69 Å². The number of nitrogens with one attached hydrogen (secondary N) is 2. The molecule has 7 atom stereocenters. The van der Waals surface area contributed by atoms with Gasteiger partial charge in [0.15, 0.2) is 0 Å². The van der Waals surface area contributed by atoms with Crippen LogP contribution < -0.4 is 10.6 Å². The number of carbonyl (C=O) groups is 3. The number of nitrogens with zero attached hydrogens (tertiary/aromatic N) is 1. The van der Waals surface area contributed by atoms with Gasteiger partial charge in [-0.1, -0.05) is 48.0 Å². The summed E-state index contributed by atoms with van der Waals surface area (Å²) >= 11 is 5.38. The SMILES string of the molecule is CC(C)C[C@H](CO)N1C(=O)[C@@H]2[C@H](C(=O)Nc3ccccc3)[C@H]3SC2(CC3Br)C1C(=O)NC(C)C. The van der Waals surface area contributed by atoms with Crippen molar-refractivity contribution in [2.45, 2.75) is 73.5 Å². The number of alkyl halides is 1.